The van der Waals surface area contributed by atoms with Crippen molar-refractivity contribution in [2.75, 3.05) is 11.9 Å². The number of hydrogen-bond acceptors (Lipinski definition) is 5. The maximum absolute atomic E-state index is 9.48. The van der Waals surface area contributed by atoms with Gasteiger partial charge >= 0.3 is 0 Å². The van der Waals surface area contributed by atoms with Crippen molar-refractivity contribution in [3.63, 3.8) is 0 Å². The Hall–Kier alpha value is -3.41. The molecule has 31 heavy (non-hydrogen) atoms. The van der Waals surface area contributed by atoms with Gasteiger partial charge in [0.15, 0.2) is 17.3 Å². The monoisotopic (exact) mass is 413 g/mol. The Morgan fingerprint density at radius 1 is 0.935 bits per heavy atom. The maximum Gasteiger partial charge on any atom is 0.166 e. The first kappa shape index (κ1) is 19.5. The first-order chi connectivity index (χ1) is 15.3. The average molecular weight is 414 g/mol. The molecular formula is C25H27N5O. The van der Waals surface area contributed by atoms with Crippen LogP contribution in [0.25, 0.3) is 22.6 Å². The van der Waals surface area contributed by atoms with E-state index in [0.717, 1.165) is 46.9 Å². The Morgan fingerprint density at radius 3 is 2.48 bits per heavy atom. The van der Waals surface area contributed by atoms with Gasteiger partial charge in [0.05, 0.1) is 6.33 Å². The molecule has 4 aromatic rings. The number of rotatable bonds is 6. The van der Waals surface area contributed by atoms with Crippen LogP contribution in [0.15, 0.2) is 60.9 Å². The number of fused-ring (bicyclic) bond motifs is 1. The lowest BCUT2D eigenvalue weighted by molar-refractivity contribution is 0.358. The summed E-state index contributed by atoms with van der Waals surface area (Å²) in [5.41, 5.74) is 3.90. The van der Waals surface area contributed by atoms with Crippen molar-refractivity contribution in [2.45, 2.75) is 44.6 Å². The van der Waals surface area contributed by atoms with Crippen LogP contribution in [0.2, 0.25) is 0 Å². The van der Waals surface area contributed by atoms with Crippen LogP contribution >= 0.6 is 0 Å². The summed E-state index contributed by atoms with van der Waals surface area (Å²) in [5, 5.41) is 13.0. The molecule has 0 unspecified atom stereocenters. The third-order valence-electron chi connectivity index (χ3n) is 6.06. The average Bonchev–Trinajstić information content (AvgIpc) is 3.26. The Bertz CT molecular complexity index is 1150. The van der Waals surface area contributed by atoms with Gasteiger partial charge < -0.3 is 15.0 Å². The highest BCUT2D eigenvalue weighted by Gasteiger charge is 2.21. The highest BCUT2D eigenvalue weighted by Crippen LogP contribution is 2.32. The zero-order valence-electron chi connectivity index (χ0n) is 17.5. The highest BCUT2D eigenvalue weighted by atomic mass is 16.3. The molecule has 0 amide bonds. The van der Waals surface area contributed by atoms with Gasteiger partial charge in [0.1, 0.15) is 11.3 Å². The zero-order chi connectivity index (χ0) is 21.0. The van der Waals surface area contributed by atoms with Crippen molar-refractivity contribution in [1.29, 1.82) is 0 Å². The van der Waals surface area contributed by atoms with E-state index >= 15 is 0 Å². The van der Waals surface area contributed by atoms with Crippen LogP contribution in [0.4, 0.5) is 5.82 Å². The van der Waals surface area contributed by atoms with Crippen LogP contribution in [0.1, 0.15) is 43.7 Å². The minimum atomic E-state index is 0.287. The van der Waals surface area contributed by atoms with E-state index in [1.165, 1.54) is 32.1 Å². The van der Waals surface area contributed by atoms with Gasteiger partial charge in [-0.15, -0.1) is 0 Å². The number of anilines is 1. The van der Waals surface area contributed by atoms with Gasteiger partial charge in [0.2, 0.25) is 0 Å². The number of nitrogens with one attached hydrogen (secondary N) is 1. The van der Waals surface area contributed by atoms with Gasteiger partial charge in [-0.05, 0) is 37.0 Å². The molecule has 2 heterocycles. The molecule has 0 bridgehead atoms. The van der Waals surface area contributed by atoms with Crippen LogP contribution in [0, 0.1) is 0 Å². The molecule has 2 aromatic heterocycles. The van der Waals surface area contributed by atoms with Gasteiger partial charge in [0.25, 0.3) is 0 Å². The second-order valence-electron chi connectivity index (χ2n) is 8.22. The van der Waals surface area contributed by atoms with Crippen molar-refractivity contribution in [3.8, 4) is 17.1 Å². The molecule has 0 saturated heterocycles. The summed E-state index contributed by atoms with van der Waals surface area (Å²) in [5.74, 6) is 1.78. The second-order valence-corrected chi connectivity index (χ2v) is 8.22. The van der Waals surface area contributed by atoms with Crippen molar-refractivity contribution in [3.05, 3.63) is 66.5 Å². The molecule has 1 aliphatic carbocycles. The van der Waals surface area contributed by atoms with E-state index in [2.05, 4.69) is 9.88 Å². The van der Waals surface area contributed by atoms with E-state index in [-0.39, 0.29) is 5.75 Å². The minimum Gasteiger partial charge on any atom is -0.508 e. The Kier molecular flexibility index (Phi) is 5.52. The number of phenolic OH excluding ortho intramolecular Hbond substituents is 1. The van der Waals surface area contributed by atoms with Crippen molar-refractivity contribution < 1.29 is 5.11 Å². The number of benzene rings is 2. The third kappa shape index (κ3) is 4.24. The number of imidazole rings is 1. The number of aromatic hydroxyl groups is 1. The molecule has 0 spiro atoms. The summed E-state index contributed by atoms with van der Waals surface area (Å²) < 4.78 is 2.26. The van der Waals surface area contributed by atoms with Gasteiger partial charge in [-0.25, -0.2) is 15.0 Å². The molecule has 0 aliphatic heterocycles. The highest BCUT2D eigenvalue weighted by molar-refractivity contribution is 5.85. The van der Waals surface area contributed by atoms with E-state index in [4.69, 9.17) is 15.0 Å². The fraction of sp³-hybridized carbons (Fsp3) is 0.320. The Labute approximate surface area is 182 Å². The Morgan fingerprint density at radius 2 is 1.71 bits per heavy atom. The molecule has 6 nitrogen and oxygen atoms in total. The van der Waals surface area contributed by atoms with Crippen LogP contribution in [-0.2, 0) is 6.42 Å². The van der Waals surface area contributed by atoms with E-state index in [0.29, 0.717) is 6.04 Å². The van der Waals surface area contributed by atoms with E-state index in [9.17, 15) is 5.11 Å². The standard InChI is InChI=1S/C25H27N5O/c31-21-13-11-18(12-14-21)15-16-26-24-22-25(29-23(28-24)19-7-3-1-4-8-19)30(17-27-22)20-9-5-2-6-10-20/h1,3-4,7-8,11-14,17,20,31H,2,5-6,9-10,15-16H2,(H,26,28,29). The van der Waals surface area contributed by atoms with Gasteiger partial charge in [-0.2, -0.15) is 0 Å². The van der Waals surface area contributed by atoms with Crippen LogP contribution in [0.5, 0.6) is 5.75 Å². The summed E-state index contributed by atoms with van der Waals surface area (Å²) in [6.07, 6.45) is 8.97. The largest absolute Gasteiger partial charge is 0.508 e. The smallest absolute Gasteiger partial charge is 0.166 e. The summed E-state index contributed by atoms with van der Waals surface area (Å²) in [6, 6.07) is 17.9. The molecular weight excluding hydrogens is 386 g/mol. The topological polar surface area (TPSA) is 75.9 Å². The fourth-order valence-electron chi connectivity index (χ4n) is 4.37. The Balaban J connectivity index is 1.48. The minimum absolute atomic E-state index is 0.287. The molecule has 1 fully saturated rings. The molecule has 158 valence electrons. The number of phenols is 1. The van der Waals surface area contributed by atoms with Crippen molar-refractivity contribution >= 4 is 17.0 Å². The second kappa shape index (κ2) is 8.76. The molecule has 2 aromatic carbocycles. The normalized spacial score (nSPS) is 14.7. The molecule has 1 aliphatic rings. The summed E-state index contributed by atoms with van der Waals surface area (Å²) in [7, 11) is 0. The van der Waals surface area contributed by atoms with Crippen LogP contribution < -0.4 is 5.32 Å². The van der Waals surface area contributed by atoms with E-state index < -0.39 is 0 Å². The molecule has 1 saturated carbocycles. The summed E-state index contributed by atoms with van der Waals surface area (Å²) in [6.45, 7) is 0.724. The SMILES string of the molecule is Oc1ccc(CCNc2nc(-c3ccccc3)nc3c2ncn3C2CCCCC2)cc1. The number of aromatic nitrogens is 4. The fourth-order valence-corrected chi connectivity index (χ4v) is 4.37. The first-order valence-electron chi connectivity index (χ1n) is 11.1. The molecule has 6 heteroatoms. The lowest BCUT2D eigenvalue weighted by Crippen LogP contribution is -2.13. The molecule has 2 N–H and O–H groups in total. The molecule has 5 rings (SSSR count). The predicted molar refractivity (Wildman–Crippen MR) is 123 cm³/mol. The lowest BCUT2D eigenvalue weighted by Gasteiger charge is -2.23. The van der Waals surface area contributed by atoms with Crippen molar-refractivity contribution in [2.24, 2.45) is 0 Å². The summed E-state index contributed by atoms with van der Waals surface area (Å²) >= 11 is 0. The maximum atomic E-state index is 9.48. The van der Waals surface area contributed by atoms with Crippen LogP contribution in [0.3, 0.4) is 0 Å². The third-order valence-corrected chi connectivity index (χ3v) is 6.06. The van der Waals surface area contributed by atoms with Crippen molar-refractivity contribution in [1.82, 2.24) is 19.5 Å². The van der Waals surface area contributed by atoms with E-state index in [1.807, 2.05) is 48.8 Å². The van der Waals surface area contributed by atoms with Gasteiger partial charge in [-0.3, -0.25) is 0 Å². The van der Waals surface area contributed by atoms with Crippen LogP contribution in [-0.4, -0.2) is 31.2 Å². The lowest BCUT2D eigenvalue weighted by atomic mass is 9.95. The zero-order valence-corrected chi connectivity index (χ0v) is 17.5. The first-order valence-corrected chi connectivity index (χ1v) is 11.1. The van der Waals surface area contributed by atoms with Gasteiger partial charge in [0, 0.05) is 18.2 Å². The molecule has 0 radical (unpaired) electrons. The van der Waals surface area contributed by atoms with E-state index in [1.54, 1.807) is 12.1 Å². The predicted octanol–water partition coefficient (Wildman–Crippen LogP) is 5.36. The number of nitrogens with zero attached hydrogens (tertiary/aromatic N) is 4. The molecule has 0 atom stereocenters. The van der Waals surface area contributed by atoms with Gasteiger partial charge in [-0.1, -0.05) is 61.7 Å². The summed E-state index contributed by atoms with van der Waals surface area (Å²) in [4.78, 5) is 14.5. The number of hydrogen-bond donors (Lipinski definition) is 2. The quantitative estimate of drug-likeness (QED) is 0.445.